The average Bonchev–Trinajstić information content (AvgIpc) is 3.15. The van der Waals surface area contributed by atoms with Crippen molar-refractivity contribution in [3.05, 3.63) is 82.7 Å². The zero-order chi connectivity index (χ0) is 24.4. The number of nitrogens with zero attached hydrogens (tertiary/aromatic N) is 2. The van der Waals surface area contributed by atoms with Gasteiger partial charge in [0.15, 0.2) is 0 Å². The molecule has 0 radical (unpaired) electrons. The Hall–Kier alpha value is -3.85. The molecule has 3 N–H and O–H groups in total. The van der Waals surface area contributed by atoms with E-state index in [0.717, 1.165) is 35.0 Å². The minimum absolute atomic E-state index is 0.0286. The molecule has 0 saturated carbocycles. The molecule has 0 spiro atoms. The van der Waals surface area contributed by atoms with Gasteiger partial charge in [-0.3, -0.25) is 14.3 Å². The van der Waals surface area contributed by atoms with Crippen LogP contribution < -0.4 is 10.6 Å². The van der Waals surface area contributed by atoms with Crippen LogP contribution in [0.2, 0.25) is 0 Å². The second-order valence-electron chi connectivity index (χ2n) is 8.23. The highest BCUT2D eigenvalue weighted by Gasteiger charge is 2.30. The summed E-state index contributed by atoms with van der Waals surface area (Å²) in [5, 5.41) is 19.1. The van der Waals surface area contributed by atoms with Gasteiger partial charge in [0.2, 0.25) is 5.91 Å². The Morgan fingerprint density at radius 1 is 1.18 bits per heavy atom. The number of aromatic nitrogens is 2. The molecule has 2 amide bonds. The van der Waals surface area contributed by atoms with Crippen LogP contribution in [0, 0.1) is 25.5 Å². The lowest BCUT2D eigenvalue weighted by molar-refractivity contribution is -0.121. The van der Waals surface area contributed by atoms with Crippen molar-refractivity contribution in [3.63, 3.8) is 0 Å². The van der Waals surface area contributed by atoms with Gasteiger partial charge in [0.25, 0.3) is 5.91 Å². The highest BCUT2D eigenvalue weighted by Crippen LogP contribution is 2.33. The number of rotatable bonds is 6. The summed E-state index contributed by atoms with van der Waals surface area (Å²) in [6.45, 7) is 4.08. The summed E-state index contributed by atoms with van der Waals surface area (Å²) in [7, 11) is 0. The van der Waals surface area contributed by atoms with Crippen molar-refractivity contribution in [2.24, 2.45) is 0 Å². The van der Waals surface area contributed by atoms with Crippen LogP contribution in [0.1, 0.15) is 29.2 Å². The number of halogens is 2. The Labute approximate surface area is 195 Å². The van der Waals surface area contributed by atoms with E-state index in [1.807, 2.05) is 32.0 Å². The standard InChI is InChI=1S/C25H24F2N4O3/c1-14-3-4-16(23-7-15(2)31(30-23)5-6-32)10-22(14)29-25(34)21-13-28-24(33)12-20(21)17-8-18(26)11-19(27)9-17/h3-4,7-11,13,20,32H,5-6,12H2,1-2H3,(H,28,33)(H,29,34). The highest BCUT2D eigenvalue weighted by atomic mass is 19.1. The fraction of sp³-hybridized carbons (Fsp3) is 0.240. The number of aliphatic hydroxyl groups is 1. The topological polar surface area (TPSA) is 96.2 Å². The first-order valence-electron chi connectivity index (χ1n) is 10.8. The van der Waals surface area contributed by atoms with Crippen LogP contribution in [-0.4, -0.2) is 33.3 Å². The molecule has 1 aromatic heterocycles. The van der Waals surface area contributed by atoms with Gasteiger partial charge in [-0.25, -0.2) is 8.78 Å². The van der Waals surface area contributed by atoms with E-state index in [9.17, 15) is 23.5 Å². The monoisotopic (exact) mass is 466 g/mol. The van der Waals surface area contributed by atoms with E-state index in [4.69, 9.17) is 0 Å². The summed E-state index contributed by atoms with van der Waals surface area (Å²) in [6.07, 6.45) is 1.18. The molecule has 4 rings (SSSR count). The van der Waals surface area contributed by atoms with Gasteiger partial charge in [-0.2, -0.15) is 5.10 Å². The minimum atomic E-state index is -0.792. The van der Waals surface area contributed by atoms with Crippen LogP contribution in [0.3, 0.4) is 0 Å². The molecule has 0 fully saturated rings. The van der Waals surface area contributed by atoms with Crippen LogP contribution in [0.15, 0.2) is 54.2 Å². The Morgan fingerprint density at radius 2 is 1.91 bits per heavy atom. The van der Waals surface area contributed by atoms with E-state index in [-0.39, 0.29) is 30.1 Å². The molecule has 0 aliphatic carbocycles. The van der Waals surface area contributed by atoms with E-state index in [0.29, 0.717) is 17.9 Å². The number of amides is 2. The van der Waals surface area contributed by atoms with Gasteiger partial charge in [-0.1, -0.05) is 12.1 Å². The summed E-state index contributed by atoms with van der Waals surface area (Å²) in [4.78, 5) is 25.2. The van der Waals surface area contributed by atoms with Crippen molar-refractivity contribution in [2.75, 3.05) is 11.9 Å². The first kappa shape index (κ1) is 23.3. The molecular weight excluding hydrogens is 442 g/mol. The van der Waals surface area contributed by atoms with Crippen molar-refractivity contribution < 1.29 is 23.5 Å². The maximum Gasteiger partial charge on any atom is 0.253 e. The molecule has 3 aromatic rings. The van der Waals surface area contributed by atoms with Gasteiger partial charge in [-0.15, -0.1) is 0 Å². The van der Waals surface area contributed by atoms with E-state index >= 15 is 0 Å². The fourth-order valence-electron chi connectivity index (χ4n) is 3.99. The third-order valence-corrected chi connectivity index (χ3v) is 5.78. The summed E-state index contributed by atoms with van der Waals surface area (Å²) < 4.78 is 29.3. The maximum absolute atomic E-state index is 13.8. The van der Waals surface area contributed by atoms with Gasteiger partial charge in [0, 0.05) is 47.1 Å². The summed E-state index contributed by atoms with van der Waals surface area (Å²) in [6, 6.07) is 10.4. The number of carbonyl (C=O) groups excluding carboxylic acids is 2. The summed E-state index contributed by atoms with van der Waals surface area (Å²) in [5.41, 5.74) is 4.11. The molecular formula is C25H24F2N4O3. The van der Waals surface area contributed by atoms with E-state index in [1.165, 1.54) is 6.20 Å². The van der Waals surface area contributed by atoms with Crippen molar-refractivity contribution in [1.82, 2.24) is 15.1 Å². The molecule has 176 valence electrons. The molecule has 1 aliphatic rings. The van der Waals surface area contributed by atoms with Crippen LogP contribution in [0.4, 0.5) is 14.5 Å². The molecule has 7 nitrogen and oxygen atoms in total. The predicted molar refractivity (Wildman–Crippen MR) is 123 cm³/mol. The Morgan fingerprint density at radius 3 is 2.62 bits per heavy atom. The molecule has 0 saturated heterocycles. The molecule has 1 unspecified atom stereocenters. The van der Waals surface area contributed by atoms with Gasteiger partial charge < -0.3 is 15.7 Å². The van der Waals surface area contributed by atoms with Gasteiger partial charge in [0.1, 0.15) is 11.6 Å². The first-order valence-corrected chi connectivity index (χ1v) is 10.8. The Bertz CT molecular complexity index is 1280. The number of hydrogen-bond acceptors (Lipinski definition) is 4. The molecule has 1 aliphatic heterocycles. The minimum Gasteiger partial charge on any atom is -0.394 e. The average molecular weight is 466 g/mol. The molecule has 1 atom stereocenters. The zero-order valence-corrected chi connectivity index (χ0v) is 18.7. The van der Waals surface area contributed by atoms with E-state index in [2.05, 4.69) is 15.7 Å². The molecule has 2 heterocycles. The number of benzene rings is 2. The fourth-order valence-corrected chi connectivity index (χ4v) is 3.99. The van der Waals surface area contributed by atoms with Crippen molar-refractivity contribution in [2.45, 2.75) is 32.7 Å². The van der Waals surface area contributed by atoms with Crippen LogP contribution in [-0.2, 0) is 16.1 Å². The highest BCUT2D eigenvalue weighted by molar-refractivity contribution is 6.07. The van der Waals surface area contributed by atoms with Crippen molar-refractivity contribution in [1.29, 1.82) is 0 Å². The van der Waals surface area contributed by atoms with Crippen LogP contribution in [0.25, 0.3) is 11.3 Å². The number of aliphatic hydroxyl groups excluding tert-OH is 1. The predicted octanol–water partition coefficient (Wildman–Crippen LogP) is 3.56. The third kappa shape index (κ3) is 4.89. The Kier molecular flexibility index (Phi) is 6.56. The Balaban J connectivity index is 1.63. The number of carbonyl (C=O) groups is 2. The van der Waals surface area contributed by atoms with Crippen molar-refractivity contribution in [3.8, 4) is 11.3 Å². The van der Waals surface area contributed by atoms with Crippen molar-refractivity contribution >= 4 is 17.5 Å². The van der Waals surface area contributed by atoms with Gasteiger partial charge in [-0.05, 0) is 49.2 Å². The lowest BCUT2D eigenvalue weighted by atomic mass is 9.86. The lowest BCUT2D eigenvalue weighted by Gasteiger charge is -2.24. The van der Waals surface area contributed by atoms with Gasteiger partial charge >= 0.3 is 0 Å². The third-order valence-electron chi connectivity index (χ3n) is 5.78. The zero-order valence-electron chi connectivity index (χ0n) is 18.7. The number of hydrogen-bond donors (Lipinski definition) is 3. The second kappa shape index (κ2) is 9.56. The number of aryl methyl sites for hydroxylation is 2. The van der Waals surface area contributed by atoms with E-state index < -0.39 is 23.5 Å². The van der Waals surface area contributed by atoms with Crippen LogP contribution in [0.5, 0.6) is 0 Å². The second-order valence-corrected chi connectivity index (χ2v) is 8.23. The molecule has 34 heavy (non-hydrogen) atoms. The molecule has 9 heteroatoms. The summed E-state index contributed by atoms with van der Waals surface area (Å²) in [5.74, 6) is -3.19. The maximum atomic E-state index is 13.8. The lowest BCUT2D eigenvalue weighted by Crippen LogP contribution is -2.32. The first-order chi connectivity index (χ1) is 16.2. The quantitative estimate of drug-likeness (QED) is 0.518. The van der Waals surface area contributed by atoms with Gasteiger partial charge in [0.05, 0.1) is 18.8 Å². The smallest absolute Gasteiger partial charge is 0.253 e. The molecule has 0 bridgehead atoms. The molecule has 2 aromatic carbocycles. The number of nitrogens with one attached hydrogen (secondary N) is 2. The normalized spacial score (nSPS) is 15.6. The SMILES string of the molecule is Cc1ccc(-c2cc(C)n(CCO)n2)cc1NC(=O)C1=CNC(=O)CC1c1cc(F)cc(F)c1. The largest absolute Gasteiger partial charge is 0.394 e. The van der Waals surface area contributed by atoms with Crippen LogP contribution >= 0.6 is 0 Å². The summed E-state index contributed by atoms with van der Waals surface area (Å²) >= 11 is 0. The number of anilines is 1. The van der Waals surface area contributed by atoms with E-state index in [1.54, 1.807) is 10.7 Å².